The van der Waals surface area contributed by atoms with Crippen LogP contribution >= 0.6 is 0 Å². The summed E-state index contributed by atoms with van der Waals surface area (Å²) in [6.07, 6.45) is 1.03. The van der Waals surface area contributed by atoms with Crippen LogP contribution in [0.25, 0.3) is 0 Å². The summed E-state index contributed by atoms with van der Waals surface area (Å²) in [5.41, 5.74) is 0. The third kappa shape index (κ3) is 19.2. The number of aliphatic carboxylic acids is 1. The van der Waals surface area contributed by atoms with E-state index in [1.165, 1.54) is 6.92 Å². The van der Waals surface area contributed by atoms with Crippen LogP contribution < -0.4 is 26.6 Å². The fraction of sp³-hybridized carbons (Fsp3) is 0.833. The lowest BCUT2D eigenvalue weighted by Gasteiger charge is -2.31. The smallest absolute Gasteiger partial charge is 0.306 e. The van der Waals surface area contributed by atoms with Crippen LogP contribution in [0.4, 0.5) is 0 Å². The SMILES string of the molecule is CCCCCCC(=O)NC(C(=O)NC(C(=O)NC(CC(C)C)C(O)CC(=O)NC(C)C(=O)NC(CC(C)C)C(O)CC(=O)O)C(C)C)C(C)C. The molecular formula is C36H67N5O9. The highest BCUT2D eigenvalue weighted by atomic mass is 16.4. The number of unbranched alkanes of at least 4 members (excludes halogenated alkanes) is 3. The molecule has 0 spiro atoms. The van der Waals surface area contributed by atoms with E-state index < -0.39 is 84.9 Å². The van der Waals surface area contributed by atoms with Crippen LogP contribution in [0.3, 0.4) is 0 Å². The second-order valence-electron chi connectivity index (χ2n) is 15.0. The zero-order valence-corrected chi connectivity index (χ0v) is 32.0. The van der Waals surface area contributed by atoms with Crippen LogP contribution in [0.2, 0.25) is 0 Å². The molecule has 0 saturated carbocycles. The Morgan fingerprint density at radius 2 is 1.00 bits per heavy atom. The fourth-order valence-corrected chi connectivity index (χ4v) is 5.51. The second kappa shape index (κ2) is 24.0. The summed E-state index contributed by atoms with van der Waals surface area (Å²) in [7, 11) is 0. The number of rotatable bonds is 25. The van der Waals surface area contributed by atoms with Gasteiger partial charge in [0.2, 0.25) is 29.5 Å². The van der Waals surface area contributed by atoms with Crippen LogP contribution in [0, 0.1) is 23.7 Å². The van der Waals surface area contributed by atoms with Gasteiger partial charge in [-0.1, -0.05) is 81.6 Å². The first-order chi connectivity index (χ1) is 23.2. The number of aliphatic hydroxyl groups is 2. The number of carboxylic acid groups (broad SMARTS) is 1. The van der Waals surface area contributed by atoms with Crippen LogP contribution in [0.1, 0.15) is 127 Å². The molecule has 14 nitrogen and oxygen atoms in total. The molecule has 0 fully saturated rings. The van der Waals surface area contributed by atoms with E-state index in [1.54, 1.807) is 13.8 Å². The predicted octanol–water partition coefficient (Wildman–Crippen LogP) is 2.39. The molecule has 290 valence electrons. The number of carboxylic acids is 1. The molecule has 0 aromatic rings. The zero-order valence-electron chi connectivity index (χ0n) is 32.0. The lowest BCUT2D eigenvalue weighted by molar-refractivity contribution is -0.140. The molecule has 0 aromatic heterocycles. The summed E-state index contributed by atoms with van der Waals surface area (Å²) in [5, 5.41) is 44.0. The highest BCUT2D eigenvalue weighted by Gasteiger charge is 2.34. The summed E-state index contributed by atoms with van der Waals surface area (Å²) >= 11 is 0. The van der Waals surface area contributed by atoms with Gasteiger partial charge in [0.1, 0.15) is 18.1 Å². The monoisotopic (exact) mass is 713 g/mol. The largest absolute Gasteiger partial charge is 0.481 e. The Morgan fingerprint density at radius 3 is 1.46 bits per heavy atom. The summed E-state index contributed by atoms with van der Waals surface area (Å²) in [4.78, 5) is 76.3. The van der Waals surface area contributed by atoms with Crippen molar-refractivity contribution in [2.45, 2.75) is 169 Å². The number of hydrogen-bond donors (Lipinski definition) is 8. The van der Waals surface area contributed by atoms with E-state index in [0.717, 1.165) is 25.7 Å². The molecule has 7 unspecified atom stereocenters. The van der Waals surface area contributed by atoms with Gasteiger partial charge in [-0.2, -0.15) is 0 Å². The van der Waals surface area contributed by atoms with E-state index in [-0.39, 0.29) is 29.6 Å². The third-order valence-corrected chi connectivity index (χ3v) is 8.35. The molecule has 8 N–H and O–H groups in total. The van der Waals surface area contributed by atoms with E-state index in [2.05, 4.69) is 33.5 Å². The van der Waals surface area contributed by atoms with Crippen molar-refractivity contribution in [3.63, 3.8) is 0 Å². The minimum absolute atomic E-state index is 0.0165. The minimum Gasteiger partial charge on any atom is -0.481 e. The van der Waals surface area contributed by atoms with Crippen molar-refractivity contribution < 1.29 is 44.1 Å². The van der Waals surface area contributed by atoms with Gasteiger partial charge in [-0.3, -0.25) is 28.8 Å². The van der Waals surface area contributed by atoms with E-state index in [1.807, 2.05) is 41.5 Å². The van der Waals surface area contributed by atoms with E-state index in [4.69, 9.17) is 5.11 Å². The predicted molar refractivity (Wildman–Crippen MR) is 192 cm³/mol. The van der Waals surface area contributed by atoms with Gasteiger partial charge in [0.25, 0.3) is 0 Å². The second-order valence-corrected chi connectivity index (χ2v) is 15.0. The average Bonchev–Trinajstić information content (AvgIpc) is 2.98. The number of nitrogens with one attached hydrogen (secondary N) is 5. The van der Waals surface area contributed by atoms with Crippen LogP contribution in [0.5, 0.6) is 0 Å². The lowest BCUT2D eigenvalue weighted by Crippen LogP contribution is -2.59. The molecular weight excluding hydrogens is 646 g/mol. The van der Waals surface area contributed by atoms with Crippen molar-refractivity contribution in [3.8, 4) is 0 Å². The molecule has 0 aromatic carbocycles. The minimum atomic E-state index is -1.33. The van der Waals surface area contributed by atoms with Crippen molar-refractivity contribution in [3.05, 3.63) is 0 Å². The molecule has 0 aliphatic rings. The molecule has 14 heteroatoms. The Kier molecular flexibility index (Phi) is 22.5. The molecule has 0 radical (unpaired) electrons. The number of carbonyl (C=O) groups is 6. The van der Waals surface area contributed by atoms with Crippen molar-refractivity contribution >= 4 is 35.5 Å². The maximum Gasteiger partial charge on any atom is 0.306 e. The van der Waals surface area contributed by atoms with Crippen molar-refractivity contribution in [2.75, 3.05) is 0 Å². The Labute approximate surface area is 299 Å². The highest BCUT2D eigenvalue weighted by Crippen LogP contribution is 2.15. The Bertz CT molecular complexity index is 1080. The Hall–Kier alpha value is -3.26. The first kappa shape index (κ1) is 46.7. The van der Waals surface area contributed by atoms with Gasteiger partial charge in [-0.15, -0.1) is 0 Å². The summed E-state index contributed by atoms with van der Waals surface area (Å²) in [5.74, 6) is -4.28. The molecule has 0 aliphatic carbocycles. The molecule has 0 bridgehead atoms. The number of carbonyl (C=O) groups excluding carboxylic acids is 5. The quantitative estimate of drug-likeness (QED) is 0.0650. The van der Waals surface area contributed by atoms with Gasteiger partial charge >= 0.3 is 5.97 Å². The van der Waals surface area contributed by atoms with Crippen LogP contribution in [-0.4, -0.2) is 93.2 Å². The molecule has 50 heavy (non-hydrogen) atoms. The first-order valence-electron chi connectivity index (χ1n) is 18.3. The molecule has 0 aliphatic heterocycles. The lowest BCUT2D eigenvalue weighted by atomic mass is 9.95. The summed E-state index contributed by atoms with van der Waals surface area (Å²) in [6, 6.07) is -4.60. The number of hydrogen-bond acceptors (Lipinski definition) is 8. The molecule has 0 saturated heterocycles. The maximum absolute atomic E-state index is 13.6. The van der Waals surface area contributed by atoms with Gasteiger partial charge in [0.15, 0.2) is 0 Å². The van der Waals surface area contributed by atoms with Crippen LogP contribution in [-0.2, 0) is 28.8 Å². The van der Waals surface area contributed by atoms with Crippen molar-refractivity contribution in [1.29, 1.82) is 0 Å². The number of amides is 5. The normalized spacial score (nSPS) is 15.8. The number of aliphatic hydroxyl groups excluding tert-OH is 2. The Balaban J connectivity index is 5.56. The molecule has 5 amide bonds. The van der Waals surface area contributed by atoms with E-state index in [0.29, 0.717) is 19.3 Å². The third-order valence-electron chi connectivity index (χ3n) is 8.35. The van der Waals surface area contributed by atoms with Crippen molar-refractivity contribution in [1.82, 2.24) is 26.6 Å². The van der Waals surface area contributed by atoms with E-state index >= 15 is 0 Å². The maximum atomic E-state index is 13.6. The van der Waals surface area contributed by atoms with Gasteiger partial charge < -0.3 is 41.9 Å². The zero-order chi connectivity index (χ0) is 38.7. The summed E-state index contributed by atoms with van der Waals surface area (Å²) < 4.78 is 0. The van der Waals surface area contributed by atoms with Crippen molar-refractivity contribution in [2.24, 2.45) is 23.7 Å². The fourth-order valence-electron chi connectivity index (χ4n) is 5.51. The van der Waals surface area contributed by atoms with Gasteiger partial charge in [0, 0.05) is 6.42 Å². The highest BCUT2D eigenvalue weighted by molar-refractivity contribution is 5.92. The molecule has 0 rings (SSSR count). The first-order valence-corrected chi connectivity index (χ1v) is 18.3. The molecule has 7 atom stereocenters. The standard InChI is InChI=1S/C36H67N5O9/c1-11-12-13-14-15-29(44)40-32(22(6)7)36(50)41-33(23(8)9)35(49)39-25(16-20(2)3)27(42)18-30(45)37-24(10)34(48)38-26(17-21(4)5)28(43)19-31(46)47/h20-28,32-33,42-43H,11-19H2,1-10H3,(H,37,45)(H,38,48)(H,39,49)(H,40,44)(H,41,50)(H,46,47). The summed E-state index contributed by atoms with van der Waals surface area (Å²) in [6.45, 7) is 18.2. The van der Waals surface area contributed by atoms with Crippen LogP contribution in [0.15, 0.2) is 0 Å². The van der Waals surface area contributed by atoms with Gasteiger partial charge in [-0.25, -0.2) is 0 Å². The average molecular weight is 714 g/mol. The Morgan fingerprint density at radius 1 is 0.540 bits per heavy atom. The molecule has 0 heterocycles. The van der Waals surface area contributed by atoms with Gasteiger partial charge in [-0.05, 0) is 49.9 Å². The van der Waals surface area contributed by atoms with Gasteiger partial charge in [0.05, 0.1) is 37.1 Å². The topological polar surface area (TPSA) is 223 Å². The van der Waals surface area contributed by atoms with E-state index in [9.17, 15) is 39.0 Å².